The number of sulfonamides is 1. The largest absolute Gasteiger partial charge is 0.269 e. The van der Waals surface area contributed by atoms with Crippen molar-refractivity contribution >= 4 is 15.7 Å². The zero-order chi connectivity index (χ0) is 17.2. The van der Waals surface area contributed by atoms with Gasteiger partial charge in [-0.05, 0) is 36.8 Å². The van der Waals surface area contributed by atoms with E-state index in [0.717, 1.165) is 5.56 Å². The zero-order valence-electron chi connectivity index (χ0n) is 14.2. The molecule has 1 aromatic heterocycles. The fourth-order valence-corrected chi connectivity index (χ4v) is 2.77. The Hall–Kier alpha value is -1.88. The monoisotopic (exact) mass is 322 g/mol. The molecule has 4 nitrogen and oxygen atoms in total. The summed E-state index contributed by atoms with van der Waals surface area (Å²) >= 11 is 0. The van der Waals surface area contributed by atoms with Crippen molar-refractivity contribution in [1.29, 1.82) is 0 Å². The van der Waals surface area contributed by atoms with E-state index >= 15 is 0 Å². The lowest BCUT2D eigenvalue weighted by atomic mass is 10.2. The van der Waals surface area contributed by atoms with E-state index in [4.69, 9.17) is 0 Å². The molecule has 0 N–H and O–H groups in total. The van der Waals surface area contributed by atoms with Crippen LogP contribution in [0.25, 0.3) is 0 Å². The van der Waals surface area contributed by atoms with E-state index in [9.17, 15) is 8.42 Å². The Morgan fingerprint density at radius 1 is 1.00 bits per heavy atom. The molecule has 1 aromatic carbocycles. The number of rotatable bonds is 3. The van der Waals surface area contributed by atoms with Crippen molar-refractivity contribution in [3.8, 4) is 0 Å². The van der Waals surface area contributed by atoms with Gasteiger partial charge in [-0.15, -0.1) is 0 Å². The SMILES string of the molecule is CC.CC.Cc1cccc(N(C)S(=O)(=O)c2cccnc2)c1. The van der Waals surface area contributed by atoms with Crippen LogP contribution in [-0.4, -0.2) is 20.4 Å². The lowest BCUT2D eigenvalue weighted by Gasteiger charge is -2.19. The number of aromatic nitrogens is 1. The molecule has 0 aliphatic rings. The van der Waals surface area contributed by atoms with Crippen LogP contribution in [0, 0.1) is 6.92 Å². The van der Waals surface area contributed by atoms with Crippen LogP contribution < -0.4 is 4.31 Å². The van der Waals surface area contributed by atoms with Gasteiger partial charge in [-0.3, -0.25) is 9.29 Å². The van der Waals surface area contributed by atoms with Gasteiger partial charge < -0.3 is 0 Å². The Bertz CT molecular complexity index is 641. The van der Waals surface area contributed by atoms with Crippen LogP contribution in [0.1, 0.15) is 33.3 Å². The third-order valence-electron chi connectivity index (χ3n) is 2.66. The molecule has 2 rings (SSSR count). The molecule has 0 fully saturated rings. The molecule has 0 amide bonds. The fraction of sp³-hybridized carbons (Fsp3) is 0.353. The first-order chi connectivity index (χ1) is 10.5. The number of benzene rings is 1. The maximum Gasteiger partial charge on any atom is 0.265 e. The Balaban J connectivity index is 0.00000102. The highest BCUT2D eigenvalue weighted by Crippen LogP contribution is 2.21. The van der Waals surface area contributed by atoms with E-state index in [1.54, 1.807) is 18.3 Å². The summed E-state index contributed by atoms with van der Waals surface area (Å²) in [5, 5.41) is 0. The van der Waals surface area contributed by atoms with Crippen LogP contribution in [0.2, 0.25) is 0 Å². The van der Waals surface area contributed by atoms with Crippen molar-refractivity contribution in [1.82, 2.24) is 4.98 Å². The second-order valence-corrected chi connectivity index (χ2v) is 5.97. The summed E-state index contributed by atoms with van der Waals surface area (Å²) in [6.07, 6.45) is 2.90. The maximum atomic E-state index is 12.3. The van der Waals surface area contributed by atoms with Crippen LogP contribution in [0.15, 0.2) is 53.7 Å². The number of hydrogen-bond acceptors (Lipinski definition) is 3. The summed E-state index contributed by atoms with van der Waals surface area (Å²) in [6.45, 7) is 9.92. The Kier molecular flexibility index (Phi) is 9.10. The summed E-state index contributed by atoms with van der Waals surface area (Å²) in [5.41, 5.74) is 1.65. The third kappa shape index (κ3) is 5.15. The molecular weight excluding hydrogens is 296 g/mol. The Morgan fingerprint density at radius 2 is 1.64 bits per heavy atom. The normalized spacial score (nSPS) is 9.73. The molecule has 0 bridgehead atoms. The van der Waals surface area contributed by atoms with E-state index in [1.165, 1.54) is 23.6 Å². The summed E-state index contributed by atoms with van der Waals surface area (Å²) in [6, 6.07) is 10.5. The van der Waals surface area contributed by atoms with E-state index in [2.05, 4.69) is 4.98 Å². The summed E-state index contributed by atoms with van der Waals surface area (Å²) in [5.74, 6) is 0. The van der Waals surface area contributed by atoms with Gasteiger partial charge in [0.25, 0.3) is 10.0 Å². The molecule has 5 heteroatoms. The second-order valence-electron chi connectivity index (χ2n) is 4.00. The first-order valence-electron chi connectivity index (χ1n) is 7.47. The van der Waals surface area contributed by atoms with Gasteiger partial charge in [-0.1, -0.05) is 39.8 Å². The minimum Gasteiger partial charge on any atom is -0.269 e. The molecular formula is C17H26N2O2S. The van der Waals surface area contributed by atoms with Crippen molar-refractivity contribution in [3.63, 3.8) is 0 Å². The van der Waals surface area contributed by atoms with Crippen molar-refractivity contribution in [2.45, 2.75) is 39.5 Å². The predicted molar refractivity (Wildman–Crippen MR) is 93.7 cm³/mol. The minimum absolute atomic E-state index is 0.189. The lowest BCUT2D eigenvalue weighted by Crippen LogP contribution is -2.26. The quantitative estimate of drug-likeness (QED) is 0.848. The molecule has 2 aromatic rings. The number of aryl methyl sites for hydroxylation is 1. The fourth-order valence-electron chi connectivity index (χ4n) is 1.62. The Labute approximate surface area is 134 Å². The highest BCUT2D eigenvalue weighted by Gasteiger charge is 2.21. The van der Waals surface area contributed by atoms with E-state index < -0.39 is 10.0 Å². The third-order valence-corrected chi connectivity index (χ3v) is 4.43. The number of nitrogens with zero attached hydrogens (tertiary/aromatic N) is 2. The smallest absolute Gasteiger partial charge is 0.265 e. The van der Waals surface area contributed by atoms with Gasteiger partial charge in [0.1, 0.15) is 4.90 Å². The number of hydrogen-bond donors (Lipinski definition) is 0. The molecule has 22 heavy (non-hydrogen) atoms. The van der Waals surface area contributed by atoms with Gasteiger partial charge in [-0.25, -0.2) is 8.42 Å². The van der Waals surface area contributed by atoms with E-state index in [0.29, 0.717) is 5.69 Å². The molecule has 0 unspecified atom stereocenters. The molecule has 0 atom stereocenters. The van der Waals surface area contributed by atoms with Crippen LogP contribution in [-0.2, 0) is 10.0 Å². The highest BCUT2D eigenvalue weighted by molar-refractivity contribution is 7.92. The summed E-state index contributed by atoms with van der Waals surface area (Å²) < 4.78 is 25.9. The van der Waals surface area contributed by atoms with Crippen LogP contribution in [0.5, 0.6) is 0 Å². The average Bonchev–Trinajstić information content (AvgIpc) is 2.58. The lowest BCUT2D eigenvalue weighted by molar-refractivity contribution is 0.594. The molecule has 0 saturated carbocycles. The van der Waals surface area contributed by atoms with Gasteiger partial charge >= 0.3 is 0 Å². The molecule has 0 aliphatic carbocycles. The van der Waals surface area contributed by atoms with E-state index in [1.807, 2.05) is 52.8 Å². The first-order valence-corrected chi connectivity index (χ1v) is 8.91. The molecule has 1 heterocycles. The molecule has 0 spiro atoms. The van der Waals surface area contributed by atoms with Crippen LogP contribution >= 0.6 is 0 Å². The predicted octanol–water partition coefficient (Wildman–Crippen LogP) is 4.27. The van der Waals surface area contributed by atoms with Crippen molar-refractivity contribution in [3.05, 3.63) is 54.4 Å². The topological polar surface area (TPSA) is 50.3 Å². The average molecular weight is 322 g/mol. The standard InChI is InChI=1S/C13H14N2O2S.2C2H6/c1-11-5-3-6-12(9-11)15(2)18(16,17)13-7-4-8-14-10-13;2*1-2/h3-10H,1-2H3;2*1-2H3. The highest BCUT2D eigenvalue weighted by atomic mass is 32.2. The molecule has 0 radical (unpaired) electrons. The van der Waals surface area contributed by atoms with Gasteiger partial charge in [0, 0.05) is 19.4 Å². The van der Waals surface area contributed by atoms with E-state index in [-0.39, 0.29) is 4.90 Å². The molecule has 122 valence electrons. The minimum atomic E-state index is -3.54. The maximum absolute atomic E-state index is 12.3. The van der Waals surface area contributed by atoms with Crippen LogP contribution in [0.4, 0.5) is 5.69 Å². The van der Waals surface area contributed by atoms with Gasteiger partial charge in [-0.2, -0.15) is 0 Å². The summed E-state index contributed by atoms with van der Waals surface area (Å²) in [4.78, 5) is 4.03. The summed E-state index contributed by atoms with van der Waals surface area (Å²) in [7, 11) is -2.00. The van der Waals surface area contributed by atoms with Crippen molar-refractivity contribution < 1.29 is 8.42 Å². The molecule has 0 saturated heterocycles. The van der Waals surface area contributed by atoms with Gasteiger partial charge in [0.05, 0.1) is 5.69 Å². The van der Waals surface area contributed by atoms with Gasteiger partial charge in [0.15, 0.2) is 0 Å². The number of pyridine rings is 1. The van der Waals surface area contributed by atoms with Gasteiger partial charge in [0.2, 0.25) is 0 Å². The second kappa shape index (κ2) is 9.95. The van der Waals surface area contributed by atoms with Crippen LogP contribution in [0.3, 0.4) is 0 Å². The zero-order valence-corrected chi connectivity index (χ0v) is 15.1. The first kappa shape index (κ1) is 20.1. The van der Waals surface area contributed by atoms with Crippen molar-refractivity contribution in [2.75, 3.05) is 11.4 Å². The molecule has 0 aliphatic heterocycles. The Morgan fingerprint density at radius 3 is 2.14 bits per heavy atom. The number of anilines is 1. The van der Waals surface area contributed by atoms with Crippen molar-refractivity contribution in [2.24, 2.45) is 0 Å².